The van der Waals surface area contributed by atoms with Gasteiger partial charge in [0, 0.05) is 44.1 Å². The number of benzene rings is 1. The van der Waals surface area contributed by atoms with E-state index < -0.39 is 0 Å². The van der Waals surface area contributed by atoms with Crippen LogP contribution in [0.1, 0.15) is 43.2 Å². The lowest BCUT2D eigenvalue weighted by Gasteiger charge is -2.22. The molecule has 0 aliphatic carbocycles. The average molecular weight is 407 g/mol. The second-order valence-electron chi connectivity index (χ2n) is 8.37. The van der Waals surface area contributed by atoms with E-state index in [0.717, 1.165) is 36.4 Å². The topological polar surface area (TPSA) is 65.5 Å². The van der Waals surface area contributed by atoms with Gasteiger partial charge in [0.2, 0.25) is 11.8 Å². The number of rotatable bonds is 6. The number of hydrogen-bond acceptors (Lipinski definition) is 4. The summed E-state index contributed by atoms with van der Waals surface area (Å²) in [6.07, 6.45) is 8.81. The van der Waals surface area contributed by atoms with E-state index in [-0.39, 0.29) is 24.2 Å². The van der Waals surface area contributed by atoms with Crippen molar-refractivity contribution in [2.45, 2.75) is 45.2 Å². The van der Waals surface area contributed by atoms with Crippen molar-refractivity contribution in [2.75, 3.05) is 25.0 Å². The van der Waals surface area contributed by atoms with E-state index in [1.165, 1.54) is 25.7 Å². The monoisotopic (exact) mass is 406 g/mol. The van der Waals surface area contributed by atoms with Crippen LogP contribution in [-0.4, -0.2) is 46.2 Å². The van der Waals surface area contributed by atoms with Gasteiger partial charge >= 0.3 is 0 Å². The zero-order valence-corrected chi connectivity index (χ0v) is 17.4. The molecule has 2 aliphatic rings. The van der Waals surface area contributed by atoms with Crippen LogP contribution in [0.2, 0.25) is 0 Å². The molecular weight excluding hydrogens is 376 g/mol. The maximum atomic E-state index is 12.9. The summed E-state index contributed by atoms with van der Waals surface area (Å²) in [5.74, 6) is -0.348. The summed E-state index contributed by atoms with van der Waals surface area (Å²) in [6.45, 7) is 4.07. The molecule has 0 unspecified atom stereocenters. The second-order valence-corrected chi connectivity index (χ2v) is 8.37. The minimum absolute atomic E-state index is 0.0322. The Hall–Kier alpha value is -2.73. The van der Waals surface area contributed by atoms with Crippen LogP contribution in [0.25, 0.3) is 0 Å². The Morgan fingerprint density at radius 3 is 2.50 bits per heavy atom. The number of pyridine rings is 1. The summed E-state index contributed by atoms with van der Waals surface area (Å²) in [5, 5.41) is 3.11. The number of nitrogens with one attached hydrogen (secondary N) is 1. The molecule has 1 aromatic heterocycles. The molecule has 2 amide bonds. The molecule has 1 aromatic carbocycles. The van der Waals surface area contributed by atoms with Crippen molar-refractivity contribution in [1.29, 1.82) is 0 Å². The van der Waals surface area contributed by atoms with E-state index in [9.17, 15) is 9.59 Å². The van der Waals surface area contributed by atoms with Crippen molar-refractivity contribution in [1.82, 2.24) is 14.8 Å². The normalized spacial score (nSPS) is 20.2. The molecule has 1 atom stereocenters. The van der Waals surface area contributed by atoms with Gasteiger partial charge in [-0.25, -0.2) is 0 Å². The van der Waals surface area contributed by atoms with Gasteiger partial charge in [-0.3, -0.25) is 19.5 Å². The zero-order valence-electron chi connectivity index (χ0n) is 17.4. The smallest absolute Gasteiger partial charge is 0.229 e. The Bertz CT molecular complexity index is 863. The van der Waals surface area contributed by atoms with E-state index in [1.807, 2.05) is 30.3 Å². The van der Waals surface area contributed by atoms with Gasteiger partial charge in [0.15, 0.2) is 0 Å². The molecule has 30 heavy (non-hydrogen) atoms. The van der Waals surface area contributed by atoms with Crippen LogP contribution in [0.4, 0.5) is 5.69 Å². The number of carbonyl (C=O) groups is 2. The van der Waals surface area contributed by atoms with E-state index in [1.54, 1.807) is 17.3 Å². The van der Waals surface area contributed by atoms with Gasteiger partial charge in [0.25, 0.3) is 0 Å². The number of carbonyl (C=O) groups excluding carboxylic acids is 2. The number of para-hydroxylation sites is 1. The number of likely N-dealkylation sites (tertiary alicyclic amines) is 2. The molecule has 4 rings (SSSR count). The van der Waals surface area contributed by atoms with Gasteiger partial charge in [0.1, 0.15) is 0 Å². The fourth-order valence-corrected chi connectivity index (χ4v) is 4.36. The molecule has 6 heteroatoms. The first-order valence-corrected chi connectivity index (χ1v) is 11.0. The van der Waals surface area contributed by atoms with Crippen molar-refractivity contribution in [3.63, 3.8) is 0 Å². The Morgan fingerprint density at radius 2 is 1.73 bits per heavy atom. The minimum atomic E-state index is -0.314. The lowest BCUT2D eigenvalue weighted by Crippen LogP contribution is -2.29. The van der Waals surface area contributed by atoms with E-state index >= 15 is 0 Å². The van der Waals surface area contributed by atoms with Crippen LogP contribution < -0.4 is 5.32 Å². The molecule has 2 fully saturated rings. The number of anilines is 1. The van der Waals surface area contributed by atoms with Crippen molar-refractivity contribution in [3.05, 3.63) is 59.9 Å². The quantitative estimate of drug-likeness (QED) is 0.798. The third-order valence-corrected chi connectivity index (χ3v) is 6.08. The van der Waals surface area contributed by atoms with Gasteiger partial charge in [0.05, 0.1) is 5.92 Å². The molecule has 2 aliphatic heterocycles. The summed E-state index contributed by atoms with van der Waals surface area (Å²) < 4.78 is 0. The summed E-state index contributed by atoms with van der Waals surface area (Å²) in [7, 11) is 0. The summed E-state index contributed by atoms with van der Waals surface area (Å²) >= 11 is 0. The zero-order chi connectivity index (χ0) is 20.8. The number of nitrogens with zero attached hydrogens (tertiary/aromatic N) is 3. The first kappa shape index (κ1) is 20.5. The third kappa shape index (κ3) is 5.25. The first-order chi connectivity index (χ1) is 14.7. The van der Waals surface area contributed by atoms with Crippen LogP contribution >= 0.6 is 0 Å². The second kappa shape index (κ2) is 9.85. The SMILES string of the molecule is O=C(Nc1ccccc1CN1CCCCCC1)[C@H]1CC(=O)N(Cc2ccncc2)C1. The Morgan fingerprint density at radius 1 is 1.00 bits per heavy atom. The van der Waals surface area contributed by atoms with E-state index in [0.29, 0.717) is 13.1 Å². The van der Waals surface area contributed by atoms with Crippen LogP contribution in [-0.2, 0) is 22.7 Å². The highest BCUT2D eigenvalue weighted by atomic mass is 16.2. The molecule has 0 bridgehead atoms. The standard InChI is InChI=1S/C24H30N4O2/c29-23-15-21(18-28(23)16-19-9-11-25-12-10-19)24(30)26-22-8-4-3-7-20(22)17-27-13-5-1-2-6-14-27/h3-4,7-12,21H,1-2,5-6,13-18H2,(H,26,30)/t21-/m0/s1. The molecule has 158 valence electrons. The van der Waals surface area contributed by atoms with Gasteiger partial charge in [-0.05, 0) is 55.3 Å². The van der Waals surface area contributed by atoms with Crippen LogP contribution in [0, 0.1) is 5.92 Å². The number of amides is 2. The Kier molecular flexibility index (Phi) is 6.74. The van der Waals surface area contributed by atoms with E-state index in [4.69, 9.17) is 0 Å². The molecule has 0 spiro atoms. The largest absolute Gasteiger partial charge is 0.338 e. The first-order valence-electron chi connectivity index (χ1n) is 11.0. The van der Waals surface area contributed by atoms with Crippen molar-refractivity contribution in [2.24, 2.45) is 5.92 Å². The fraction of sp³-hybridized carbons (Fsp3) is 0.458. The van der Waals surface area contributed by atoms with Gasteiger partial charge < -0.3 is 10.2 Å². The van der Waals surface area contributed by atoms with Gasteiger partial charge in [-0.1, -0.05) is 31.0 Å². The minimum Gasteiger partial charge on any atom is -0.338 e. The predicted octanol–water partition coefficient (Wildman–Crippen LogP) is 3.44. The fourth-order valence-electron chi connectivity index (χ4n) is 4.36. The highest BCUT2D eigenvalue weighted by Gasteiger charge is 2.34. The lowest BCUT2D eigenvalue weighted by atomic mass is 10.1. The third-order valence-electron chi connectivity index (χ3n) is 6.08. The molecule has 2 saturated heterocycles. The van der Waals surface area contributed by atoms with Gasteiger partial charge in [-0.15, -0.1) is 0 Å². The van der Waals surface area contributed by atoms with Crippen LogP contribution in [0.3, 0.4) is 0 Å². The van der Waals surface area contributed by atoms with Crippen molar-refractivity contribution in [3.8, 4) is 0 Å². The Balaban J connectivity index is 1.37. The van der Waals surface area contributed by atoms with Crippen LogP contribution in [0.15, 0.2) is 48.8 Å². The highest BCUT2D eigenvalue weighted by molar-refractivity contribution is 5.97. The summed E-state index contributed by atoms with van der Waals surface area (Å²) in [6, 6.07) is 11.8. The highest BCUT2D eigenvalue weighted by Crippen LogP contribution is 2.24. The summed E-state index contributed by atoms with van der Waals surface area (Å²) in [5.41, 5.74) is 3.04. The Labute approximate surface area is 178 Å². The molecule has 1 N–H and O–H groups in total. The molecular formula is C24H30N4O2. The maximum Gasteiger partial charge on any atom is 0.229 e. The molecule has 0 radical (unpaired) electrons. The average Bonchev–Trinajstić information content (AvgIpc) is 2.95. The van der Waals surface area contributed by atoms with Crippen LogP contribution in [0.5, 0.6) is 0 Å². The molecule has 0 saturated carbocycles. The summed E-state index contributed by atoms with van der Waals surface area (Å²) in [4.78, 5) is 33.6. The maximum absolute atomic E-state index is 12.9. The molecule has 6 nitrogen and oxygen atoms in total. The van der Waals surface area contributed by atoms with Crippen molar-refractivity contribution < 1.29 is 9.59 Å². The lowest BCUT2D eigenvalue weighted by molar-refractivity contribution is -0.128. The van der Waals surface area contributed by atoms with Crippen molar-refractivity contribution >= 4 is 17.5 Å². The van der Waals surface area contributed by atoms with Gasteiger partial charge in [-0.2, -0.15) is 0 Å². The number of aromatic nitrogens is 1. The molecule has 3 heterocycles. The van der Waals surface area contributed by atoms with E-state index in [2.05, 4.69) is 21.3 Å². The predicted molar refractivity (Wildman–Crippen MR) is 117 cm³/mol. The number of hydrogen-bond donors (Lipinski definition) is 1. The molecule has 2 aromatic rings.